The molecular weight excluding hydrogens is 368 g/mol. The molecule has 28 heavy (non-hydrogen) atoms. The summed E-state index contributed by atoms with van der Waals surface area (Å²) in [7, 11) is 1.29. The van der Waals surface area contributed by atoms with Crippen LogP contribution in [0, 0.1) is 10.1 Å². The van der Waals surface area contributed by atoms with E-state index < -0.39 is 29.4 Å². The van der Waals surface area contributed by atoms with Gasteiger partial charge in [-0.05, 0) is 17.2 Å². The van der Waals surface area contributed by atoms with Crippen molar-refractivity contribution >= 4 is 17.6 Å². The lowest BCUT2D eigenvalue weighted by Gasteiger charge is -2.34. The van der Waals surface area contributed by atoms with Crippen LogP contribution in [-0.2, 0) is 22.6 Å². The summed E-state index contributed by atoms with van der Waals surface area (Å²) in [4.78, 5) is 35.9. The summed E-state index contributed by atoms with van der Waals surface area (Å²) in [6, 6.07) is 10.3. The summed E-state index contributed by atoms with van der Waals surface area (Å²) >= 11 is 0. The zero-order valence-electron chi connectivity index (χ0n) is 15.0. The summed E-state index contributed by atoms with van der Waals surface area (Å²) in [5.74, 6) is -1.36. The maximum absolute atomic E-state index is 12.6. The predicted molar refractivity (Wildman–Crippen MR) is 97.3 cm³/mol. The number of amides is 1. The monoisotopic (exact) mass is 386 g/mol. The first-order valence-corrected chi connectivity index (χ1v) is 8.45. The first-order valence-electron chi connectivity index (χ1n) is 8.45. The lowest BCUT2D eigenvalue weighted by atomic mass is 9.94. The Morgan fingerprint density at radius 3 is 2.61 bits per heavy atom. The van der Waals surface area contributed by atoms with Gasteiger partial charge in [-0.15, -0.1) is 0 Å². The van der Waals surface area contributed by atoms with Gasteiger partial charge in [-0.1, -0.05) is 24.3 Å². The van der Waals surface area contributed by atoms with Crippen LogP contribution in [0.2, 0.25) is 0 Å². The Labute approximate surface area is 160 Å². The number of rotatable bonds is 6. The van der Waals surface area contributed by atoms with E-state index in [2.05, 4.69) is 0 Å². The SMILES string of the molecule is COc1cc(OCC(=O)N2Cc3ccccc3CC2C(=O)O)ccc1[N+](=O)[O-]. The maximum atomic E-state index is 12.6. The van der Waals surface area contributed by atoms with Gasteiger partial charge in [0.1, 0.15) is 11.8 Å². The quantitative estimate of drug-likeness (QED) is 0.596. The molecule has 9 heteroatoms. The lowest BCUT2D eigenvalue weighted by Crippen LogP contribution is -2.50. The van der Waals surface area contributed by atoms with Crippen LogP contribution in [0.3, 0.4) is 0 Å². The fraction of sp³-hybridized carbons (Fsp3) is 0.263. The molecule has 0 saturated heterocycles. The van der Waals surface area contributed by atoms with E-state index in [1.54, 1.807) is 0 Å². The largest absolute Gasteiger partial charge is 0.490 e. The van der Waals surface area contributed by atoms with Gasteiger partial charge in [0, 0.05) is 25.1 Å². The fourth-order valence-corrected chi connectivity index (χ4v) is 3.13. The Balaban J connectivity index is 1.73. The number of nitrogens with zero attached hydrogens (tertiary/aromatic N) is 2. The van der Waals surface area contributed by atoms with Gasteiger partial charge in [0.15, 0.2) is 6.61 Å². The van der Waals surface area contributed by atoms with Gasteiger partial charge in [0.25, 0.3) is 5.91 Å². The van der Waals surface area contributed by atoms with Gasteiger partial charge in [0.05, 0.1) is 12.0 Å². The summed E-state index contributed by atoms with van der Waals surface area (Å²) in [5, 5.41) is 20.4. The highest BCUT2D eigenvalue weighted by Gasteiger charge is 2.34. The van der Waals surface area contributed by atoms with E-state index in [1.807, 2.05) is 24.3 Å². The van der Waals surface area contributed by atoms with Crippen molar-refractivity contribution in [3.63, 3.8) is 0 Å². The van der Waals surface area contributed by atoms with E-state index in [4.69, 9.17) is 9.47 Å². The molecule has 0 bridgehead atoms. The third kappa shape index (κ3) is 3.88. The van der Waals surface area contributed by atoms with Crippen molar-refractivity contribution in [1.82, 2.24) is 4.90 Å². The van der Waals surface area contributed by atoms with E-state index in [1.165, 1.54) is 30.2 Å². The van der Waals surface area contributed by atoms with Crippen LogP contribution in [0.15, 0.2) is 42.5 Å². The van der Waals surface area contributed by atoms with Gasteiger partial charge in [-0.25, -0.2) is 4.79 Å². The van der Waals surface area contributed by atoms with Gasteiger partial charge in [0.2, 0.25) is 5.75 Å². The number of methoxy groups -OCH3 is 1. The molecule has 1 atom stereocenters. The van der Waals surface area contributed by atoms with Crippen LogP contribution in [0.1, 0.15) is 11.1 Å². The number of hydrogen-bond donors (Lipinski definition) is 1. The molecule has 1 aliphatic rings. The molecule has 2 aromatic rings. The molecule has 0 radical (unpaired) electrons. The number of carbonyl (C=O) groups is 2. The average Bonchev–Trinajstić information content (AvgIpc) is 2.70. The molecule has 1 heterocycles. The molecule has 1 unspecified atom stereocenters. The van der Waals surface area contributed by atoms with Gasteiger partial charge in [-0.2, -0.15) is 0 Å². The van der Waals surface area contributed by atoms with Gasteiger partial charge >= 0.3 is 11.7 Å². The van der Waals surface area contributed by atoms with E-state index >= 15 is 0 Å². The van der Waals surface area contributed by atoms with E-state index in [9.17, 15) is 24.8 Å². The molecule has 0 fully saturated rings. The molecule has 1 aliphatic heterocycles. The molecule has 0 spiro atoms. The summed E-state index contributed by atoms with van der Waals surface area (Å²) in [5.41, 5.74) is 1.57. The van der Waals surface area contributed by atoms with E-state index in [-0.39, 0.29) is 30.2 Å². The normalized spacial score (nSPS) is 15.5. The van der Waals surface area contributed by atoms with Gasteiger partial charge in [-0.3, -0.25) is 14.9 Å². The molecule has 1 N–H and O–H groups in total. The van der Waals surface area contributed by atoms with Crippen molar-refractivity contribution in [2.45, 2.75) is 19.0 Å². The second kappa shape index (κ2) is 7.95. The Kier molecular flexibility index (Phi) is 5.44. The number of carboxylic acids is 1. The summed E-state index contributed by atoms with van der Waals surface area (Å²) < 4.78 is 10.4. The van der Waals surface area contributed by atoms with E-state index in [0.717, 1.165) is 11.1 Å². The second-order valence-corrected chi connectivity index (χ2v) is 6.23. The molecule has 2 aromatic carbocycles. The number of nitro groups is 1. The molecular formula is C19H18N2O7. The summed E-state index contributed by atoms with van der Waals surface area (Å²) in [6.07, 6.45) is 0.225. The molecule has 0 aromatic heterocycles. The Morgan fingerprint density at radius 2 is 1.96 bits per heavy atom. The number of carbonyl (C=O) groups excluding carboxylic acids is 1. The lowest BCUT2D eigenvalue weighted by molar-refractivity contribution is -0.385. The fourth-order valence-electron chi connectivity index (χ4n) is 3.13. The second-order valence-electron chi connectivity index (χ2n) is 6.23. The number of benzene rings is 2. The van der Waals surface area contributed by atoms with Crippen LogP contribution in [-0.4, -0.2) is 46.6 Å². The molecule has 0 saturated carbocycles. The Hall–Kier alpha value is -3.62. The van der Waals surface area contributed by atoms with Crippen LogP contribution in [0.5, 0.6) is 11.5 Å². The van der Waals surface area contributed by atoms with Crippen molar-refractivity contribution in [2.75, 3.05) is 13.7 Å². The minimum Gasteiger partial charge on any atom is -0.490 e. The number of ether oxygens (including phenoxy) is 2. The third-order valence-electron chi connectivity index (χ3n) is 4.56. The van der Waals surface area contributed by atoms with Crippen molar-refractivity contribution in [3.8, 4) is 11.5 Å². The smallest absolute Gasteiger partial charge is 0.326 e. The van der Waals surface area contributed by atoms with Crippen LogP contribution < -0.4 is 9.47 Å². The number of nitro benzene ring substituents is 1. The number of fused-ring (bicyclic) bond motifs is 1. The van der Waals surface area contributed by atoms with Crippen molar-refractivity contribution in [2.24, 2.45) is 0 Å². The minimum absolute atomic E-state index is 0.00487. The number of carboxylic acid groups (broad SMARTS) is 1. The number of aliphatic carboxylic acids is 1. The van der Waals surface area contributed by atoms with Gasteiger partial charge < -0.3 is 19.5 Å². The van der Waals surface area contributed by atoms with Crippen LogP contribution in [0.25, 0.3) is 0 Å². The van der Waals surface area contributed by atoms with Crippen molar-refractivity contribution in [3.05, 3.63) is 63.7 Å². The Morgan fingerprint density at radius 1 is 1.25 bits per heavy atom. The third-order valence-corrected chi connectivity index (χ3v) is 4.56. The Bertz CT molecular complexity index is 928. The number of hydrogen-bond acceptors (Lipinski definition) is 6. The predicted octanol–water partition coefficient (Wildman–Crippen LogP) is 2.02. The maximum Gasteiger partial charge on any atom is 0.326 e. The minimum atomic E-state index is -1.08. The van der Waals surface area contributed by atoms with Crippen LogP contribution >= 0.6 is 0 Å². The standard InChI is InChI=1S/C19H18N2O7/c1-27-17-9-14(6-7-15(17)21(25)26)28-11-18(22)20-10-13-5-3-2-4-12(13)8-16(20)19(23)24/h2-7,9,16H,8,10-11H2,1H3,(H,23,24). The van der Waals surface area contributed by atoms with Crippen LogP contribution in [0.4, 0.5) is 5.69 Å². The highest BCUT2D eigenvalue weighted by atomic mass is 16.6. The zero-order chi connectivity index (χ0) is 20.3. The molecule has 9 nitrogen and oxygen atoms in total. The highest BCUT2D eigenvalue weighted by molar-refractivity contribution is 5.85. The highest BCUT2D eigenvalue weighted by Crippen LogP contribution is 2.31. The topological polar surface area (TPSA) is 119 Å². The summed E-state index contributed by atoms with van der Waals surface area (Å²) in [6.45, 7) is -0.216. The zero-order valence-corrected chi connectivity index (χ0v) is 15.0. The molecule has 0 aliphatic carbocycles. The first kappa shape index (κ1) is 19.2. The first-order chi connectivity index (χ1) is 13.4. The average molecular weight is 386 g/mol. The van der Waals surface area contributed by atoms with Crippen molar-refractivity contribution in [1.29, 1.82) is 0 Å². The molecule has 146 valence electrons. The molecule has 3 rings (SSSR count). The van der Waals surface area contributed by atoms with Crippen molar-refractivity contribution < 1.29 is 29.1 Å². The van der Waals surface area contributed by atoms with E-state index in [0.29, 0.717) is 0 Å². The molecule has 1 amide bonds.